The third kappa shape index (κ3) is 3.11. The molecule has 1 aliphatic rings. The zero-order valence-electron chi connectivity index (χ0n) is 11.7. The van der Waals surface area contributed by atoms with Crippen LogP contribution in [0.1, 0.15) is 17.5 Å². The van der Waals surface area contributed by atoms with Crippen LogP contribution in [0.4, 0.5) is 5.69 Å². The Balaban J connectivity index is 1.91. The maximum Gasteiger partial charge on any atom is 0.261 e. The van der Waals surface area contributed by atoms with E-state index >= 15 is 0 Å². The first kappa shape index (κ1) is 14.9. The van der Waals surface area contributed by atoms with E-state index in [1.54, 1.807) is 42.1 Å². The maximum atomic E-state index is 12.5. The summed E-state index contributed by atoms with van der Waals surface area (Å²) in [5.74, 6) is 1.08. The van der Waals surface area contributed by atoms with Crippen molar-refractivity contribution >= 4 is 27.5 Å². The topological polar surface area (TPSA) is 70.0 Å². The number of fused-ring (bicyclic) bond motifs is 1. The molecule has 22 heavy (non-hydrogen) atoms. The van der Waals surface area contributed by atoms with Crippen molar-refractivity contribution in [2.45, 2.75) is 22.6 Å². The molecule has 1 N–H and O–H groups in total. The Morgan fingerprint density at radius 3 is 2.86 bits per heavy atom. The summed E-state index contributed by atoms with van der Waals surface area (Å²) in [6, 6.07) is 13.7. The molecule has 0 fully saturated rings. The van der Waals surface area contributed by atoms with E-state index < -0.39 is 10.0 Å². The summed E-state index contributed by atoms with van der Waals surface area (Å²) >= 11 is 1.77. The molecule has 6 heteroatoms. The van der Waals surface area contributed by atoms with Crippen LogP contribution in [0.15, 0.2) is 52.3 Å². The third-order valence-corrected chi connectivity index (χ3v) is 6.02. The minimum absolute atomic E-state index is 0.260. The van der Waals surface area contributed by atoms with Crippen LogP contribution in [0, 0.1) is 11.3 Å². The fourth-order valence-corrected chi connectivity index (χ4v) is 4.49. The minimum Gasteiger partial charge on any atom is -0.280 e. The molecule has 0 unspecified atom stereocenters. The second-order valence-corrected chi connectivity index (χ2v) is 7.84. The average Bonchev–Trinajstić information content (AvgIpc) is 2.54. The molecule has 0 spiro atoms. The lowest BCUT2D eigenvalue weighted by Gasteiger charge is -2.16. The van der Waals surface area contributed by atoms with Crippen LogP contribution in [0.3, 0.4) is 0 Å². The predicted molar refractivity (Wildman–Crippen MR) is 87.5 cm³/mol. The molecule has 3 rings (SSSR count). The van der Waals surface area contributed by atoms with Crippen LogP contribution in [0.2, 0.25) is 0 Å². The van der Waals surface area contributed by atoms with Crippen molar-refractivity contribution in [2.24, 2.45) is 0 Å². The summed E-state index contributed by atoms with van der Waals surface area (Å²) in [7, 11) is -3.64. The number of benzene rings is 2. The van der Waals surface area contributed by atoms with E-state index in [9.17, 15) is 8.42 Å². The van der Waals surface area contributed by atoms with Crippen LogP contribution >= 0.6 is 11.8 Å². The van der Waals surface area contributed by atoms with Crippen LogP contribution < -0.4 is 4.72 Å². The number of thioether (sulfide) groups is 1. The molecule has 2 aromatic carbocycles. The fourth-order valence-electron chi connectivity index (χ4n) is 2.37. The van der Waals surface area contributed by atoms with E-state index in [0.29, 0.717) is 11.3 Å². The Morgan fingerprint density at radius 2 is 2.05 bits per heavy atom. The molecule has 0 aliphatic carbocycles. The number of sulfonamides is 1. The first-order chi connectivity index (χ1) is 10.6. The first-order valence-electron chi connectivity index (χ1n) is 6.87. The van der Waals surface area contributed by atoms with Crippen molar-refractivity contribution in [3.8, 4) is 6.07 Å². The van der Waals surface area contributed by atoms with Crippen LogP contribution in [-0.2, 0) is 16.4 Å². The second kappa shape index (κ2) is 6.03. The van der Waals surface area contributed by atoms with Crippen molar-refractivity contribution in [3.63, 3.8) is 0 Å². The van der Waals surface area contributed by atoms with Crippen LogP contribution in [0.5, 0.6) is 0 Å². The lowest BCUT2D eigenvalue weighted by Crippen LogP contribution is -2.14. The number of nitriles is 1. The van der Waals surface area contributed by atoms with E-state index in [1.807, 2.05) is 12.1 Å². The van der Waals surface area contributed by atoms with Gasteiger partial charge in [-0.3, -0.25) is 4.72 Å². The molecule has 0 saturated carbocycles. The highest BCUT2D eigenvalue weighted by Gasteiger charge is 2.18. The lowest BCUT2D eigenvalue weighted by atomic mass is 10.1. The Bertz CT molecular complexity index is 855. The zero-order chi connectivity index (χ0) is 15.6. The van der Waals surface area contributed by atoms with Gasteiger partial charge in [0.25, 0.3) is 10.0 Å². The SMILES string of the molecule is N#Cc1cccc(NS(=O)(=O)c2ccc3c(c2)CCCS3)c1. The smallest absolute Gasteiger partial charge is 0.261 e. The standard InChI is InChI=1S/C16H14N2O2S2/c17-11-12-3-1-5-14(9-12)18-22(19,20)15-6-7-16-13(10-15)4-2-8-21-16/h1,3,5-7,9-10,18H,2,4,8H2. The van der Waals surface area contributed by atoms with E-state index in [1.165, 1.54) is 6.07 Å². The van der Waals surface area contributed by atoms with Gasteiger partial charge in [0.05, 0.1) is 22.2 Å². The number of hydrogen-bond donors (Lipinski definition) is 1. The summed E-state index contributed by atoms with van der Waals surface area (Å²) in [5, 5.41) is 8.88. The quantitative estimate of drug-likeness (QED) is 0.936. The van der Waals surface area contributed by atoms with Gasteiger partial charge in [-0.05, 0) is 60.6 Å². The Kier molecular flexibility index (Phi) is 4.10. The molecule has 0 saturated heterocycles. The van der Waals surface area contributed by atoms with E-state index in [0.717, 1.165) is 29.1 Å². The van der Waals surface area contributed by atoms with Crippen LogP contribution in [0.25, 0.3) is 0 Å². The van der Waals surface area contributed by atoms with Gasteiger partial charge in [-0.1, -0.05) is 6.07 Å². The van der Waals surface area contributed by atoms with Crippen molar-refractivity contribution < 1.29 is 8.42 Å². The van der Waals surface area contributed by atoms with Gasteiger partial charge in [0, 0.05) is 4.90 Å². The maximum absolute atomic E-state index is 12.5. The number of nitrogens with one attached hydrogen (secondary N) is 1. The van der Waals surface area contributed by atoms with Gasteiger partial charge >= 0.3 is 0 Å². The lowest BCUT2D eigenvalue weighted by molar-refractivity contribution is 0.601. The molecule has 0 amide bonds. The fraction of sp³-hybridized carbons (Fsp3) is 0.188. The molecular formula is C16H14N2O2S2. The molecule has 0 radical (unpaired) electrons. The number of rotatable bonds is 3. The van der Waals surface area contributed by atoms with Gasteiger partial charge in [0.1, 0.15) is 0 Å². The average molecular weight is 330 g/mol. The van der Waals surface area contributed by atoms with E-state index in [2.05, 4.69) is 4.72 Å². The Labute approximate surface area is 134 Å². The summed E-state index contributed by atoms with van der Waals surface area (Å²) in [6.07, 6.45) is 1.98. The highest BCUT2D eigenvalue weighted by Crippen LogP contribution is 2.31. The highest BCUT2D eigenvalue weighted by atomic mass is 32.2. The van der Waals surface area contributed by atoms with Gasteiger partial charge in [-0.2, -0.15) is 5.26 Å². The molecule has 0 bridgehead atoms. The number of aryl methyl sites for hydroxylation is 1. The molecule has 1 heterocycles. The number of anilines is 1. The highest BCUT2D eigenvalue weighted by molar-refractivity contribution is 7.99. The molecule has 4 nitrogen and oxygen atoms in total. The monoisotopic (exact) mass is 330 g/mol. The summed E-state index contributed by atoms with van der Waals surface area (Å²) in [5.41, 5.74) is 1.90. The number of nitrogens with zero attached hydrogens (tertiary/aromatic N) is 1. The summed E-state index contributed by atoms with van der Waals surface area (Å²) in [4.78, 5) is 1.42. The molecular weight excluding hydrogens is 316 g/mol. The molecule has 2 aromatic rings. The van der Waals surface area contributed by atoms with Gasteiger partial charge in [0.15, 0.2) is 0 Å². The summed E-state index contributed by atoms with van der Waals surface area (Å²) in [6.45, 7) is 0. The van der Waals surface area contributed by atoms with Crippen molar-refractivity contribution in [3.05, 3.63) is 53.6 Å². The van der Waals surface area contributed by atoms with E-state index in [4.69, 9.17) is 5.26 Å². The first-order valence-corrected chi connectivity index (χ1v) is 9.34. The molecule has 1 aliphatic heterocycles. The molecule has 0 atom stereocenters. The van der Waals surface area contributed by atoms with Crippen molar-refractivity contribution in [2.75, 3.05) is 10.5 Å². The van der Waals surface area contributed by atoms with E-state index in [-0.39, 0.29) is 4.90 Å². The van der Waals surface area contributed by atoms with Gasteiger partial charge in [0.2, 0.25) is 0 Å². The normalized spacial score (nSPS) is 14.0. The van der Waals surface area contributed by atoms with Gasteiger partial charge < -0.3 is 0 Å². The zero-order valence-corrected chi connectivity index (χ0v) is 13.4. The van der Waals surface area contributed by atoms with Gasteiger partial charge in [-0.25, -0.2) is 8.42 Å². The second-order valence-electron chi connectivity index (χ2n) is 5.02. The predicted octanol–water partition coefficient (Wildman–Crippen LogP) is 3.40. The Hall–Kier alpha value is -1.97. The minimum atomic E-state index is -3.64. The largest absolute Gasteiger partial charge is 0.280 e. The number of hydrogen-bond acceptors (Lipinski definition) is 4. The molecule has 112 valence electrons. The van der Waals surface area contributed by atoms with Crippen LogP contribution in [-0.4, -0.2) is 14.2 Å². The Morgan fingerprint density at radius 1 is 1.18 bits per heavy atom. The summed E-state index contributed by atoms with van der Waals surface area (Å²) < 4.78 is 27.5. The van der Waals surface area contributed by atoms with Crippen molar-refractivity contribution in [1.82, 2.24) is 0 Å². The molecule has 0 aromatic heterocycles. The van der Waals surface area contributed by atoms with Gasteiger partial charge in [-0.15, -0.1) is 11.8 Å². The van der Waals surface area contributed by atoms with Crippen molar-refractivity contribution in [1.29, 1.82) is 5.26 Å². The third-order valence-electron chi connectivity index (χ3n) is 3.43.